The Kier molecular flexibility index (Phi) is 3.49. The van der Waals surface area contributed by atoms with E-state index in [0.29, 0.717) is 5.15 Å². The second-order valence-corrected chi connectivity index (χ2v) is 5.30. The molecule has 2 rings (SSSR count). The molecular weight excluding hydrogens is 232 g/mol. The van der Waals surface area contributed by atoms with Gasteiger partial charge in [0.15, 0.2) is 5.13 Å². The van der Waals surface area contributed by atoms with E-state index in [-0.39, 0.29) is 6.61 Å². The summed E-state index contributed by atoms with van der Waals surface area (Å²) in [7, 11) is 0. The lowest BCUT2D eigenvalue weighted by Gasteiger charge is -2.13. The summed E-state index contributed by atoms with van der Waals surface area (Å²) in [5, 5.41) is 10.5. The molecule has 0 spiro atoms. The molecule has 0 aromatic carbocycles. The van der Waals surface area contributed by atoms with E-state index in [2.05, 4.69) is 16.8 Å². The standard InChI is InChI=1S/C10H15ClN2OS/c1-2-7-3-4-13(5-7)10-12-9(11)8(6-14)15-10/h7,14H,2-6H2,1H3. The fourth-order valence-electron chi connectivity index (χ4n) is 1.89. The van der Waals surface area contributed by atoms with E-state index in [1.165, 1.54) is 24.2 Å². The molecule has 5 heteroatoms. The summed E-state index contributed by atoms with van der Waals surface area (Å²) in [4.78, 5) is 7.32. The van der Waals surface area contributed by atoms with Gasteiger partial charge >= 0.3 is 0 Å². The molecule has 84 valence electrons. The molecule has 1 aromatic heterocycles. The third-order valence-electron chi connectivity index (χ3n) is 2.92. The third-order valence-corrected chi connectivity index (χ3v) is 4.44. The first kappa shape index (κ1) is 11.2. The Labute approximate surface area is 98.7 Å². The van der Waals surface area contributed by atoms with Crippen LogP contribution >= 0.6 is 22.9 Å². The Morgan fingerprint density at radius 2 is 2.47 bits per heavy atom. The molecule has 15 heavy (non-hydrogen) atoms. The number of aromatic nitrogens is 1. The van der Waals surface area contributed by atoms with Crippen LogP contribution in [0.4, 0.5) is 5.13 Å². The molecule has 1 aliphatic heterocycles. The van der Waals surface area contributed by atoms with Crippen molar-refractivity contribution in [3.8, 4) is 0 Å². The summed E-state index contributed by atoms with van der Waals surface area (Å²) < 4.78 is 0. The summed E-state index contributed by atoms with van der Waals surface area (Å²) in [6.45, 7) is 4.35. The molecule has 1 aliphatic rings. The maximum Gasteiger partial charge on any atom is 0.187 e. The smallest absolute Gasteiger partial charge is 0.187 e. The van der Waals surface area contributed by atoms with Gasteiger partial charge in [0.25, 0.3) is 0 Å². The van der Waals surface area contributed by atoms with Crippen LogP contribution in [0.3, 0.4) is 0 Å². The topological polar surface area (TPSA) is 36.4 Å². The molecule has 0 amide bonds. The first-order valence-corrected chi connectivity index (χ1v) is 6.45. The van der Waals surface area contributed by atoms with Crippen LogP contribution in [0.15, 0.2) is 0 Å². The Hall–Kier alpha value is -0.320. The van der Waals surface area contributed by atoms with Crippen LogP contribution in [-0.4, -0.2) is 23.2 Å². The van der Waals surface area contributed by atoms with Crippen molar-refractivity contribution in [2.24, 2.45) is 5.92 Å². The maximum atomic E-state index is 9.04. The summed E-state index contributed by atoms with van der Waals surface area (Å²) in [6, 6.07) is 0. The van der Waals surface area contributed by atoms with E-state index in [9.17, 15) is 0 Å². The summed E-state index contributed by atoms with van der Waals surface area (Å²) in [5.41, 5.74) is 0. The van der Waals surface area contributed by atoms with Gasteiger partial charge < -0.3 is 10.0 Å². The van der Waals surface area contributed by atoms with Crippen molar-refractivity contribution in [1.29, 1.82) is 0 Å². The zero-order valence-corrected chi connectivity index (χ0v) is 10.3. The van der Waals surface area contributed by atoms with Crippen molar-refractivity contribution in [1.82, 2.24) is 4.98 Å². The molecule has 3 nitrogen and oxygen atoms in total. The van der Waals surface area contributed by atoms with Crippen LogP contribution in [0, 0.1) is 5.92 Å². The monoisotopic (exact) mass is 246 g/mol. The largest absolute Gasteiger partial charge is 0.391 e. The molecule has 0 saturated carbocycles. The van der Waals surface area contributed by atoms with Crippen LogP contribution in [-0.2, 0) is 6.61 Å². The van der Waals surface area contributed by atoms with Crippen molar-refractivity contribution >= 4 is 28.1 Å². The number of aliphatic hydroxyl groups excluding tert-OH is 1. The van der Waals surface area contributed by atoms with E-state index in [1.807, 2.05) is 0 Å². The van der Waals surface area contributed by atoms with Gasteiger partial charge in [-0.3, -0.25) is 0 Å². The molecule has 1 N–H and O–H groups in total. The summed E-state index contributed by atoms with van der Waals surface area (Å²) in [5.74, 6) is 0.783. The average Bonchev–Trinajstić information content (AvgIpc) is 2.83. The van der Waals surface area contributed by atoms with Crippen LogP contribution in [0.2, 0.25) is 5.15 Å². The van der Waals surface area contributed by atoms with Gasteiger partial charge in [-0.25, -0.2) is 4.98 Å². The van der Waals surface area contributed by atoms with Gasteiger partial charge in [0, 0.05) is 13.1 Å². The number of rotatable bonds is 3. The van der Waals surface area contributed by atoms with Crippen molar-refractivity contribution in [3.63, 3.8) is 0 Å². The predicted molar refractivity (Wildman–Crippen MR) is 63.7 cm³/mol. The SMILES string of the molecule is CCC1CCN(c2nc(Cl)c(CO)s2)C1. The normalized spacial score (nSPS) is 21.3. The maximum absolute atomic E-state index is 9.04. The van der Waals surface area contributed by atoms with Gasteiger partial charge in [0.2, 0.25) is 0 Å². The Morgan fingerprint density at radius 3 is 3.00 bits per heavy atom. The van der Waals surface area contributed by atoms with E-state index < -0.39 is 0 Å². The van der Waals surface area contributed by atoms with Crippen LogP contribution in [0.5, 0.6) is 0 Å². The Balaban J connectivity index is 2.10. The Morgan fingerprint density at radius 1 is 1.67 bits per heavy atom. The highest BCUT2D eigenvalue weighted by Gasteiger charge is 2.24. The van der Waals surface area contributed by atoms with Gasteiger partial charge in [-0.15, -0.1) is 0 Å². The molecule has 0 bridgehead atoms. The lowest BCUT2D eigenvalue weighted by Crippen LogP contribution is -2.19. The van der Waals surface area contributed by atoms with Gasteiger partial charge in [0.05, 0.1) is 11.5 Å². The zero-order chi connectivity index (χ0) is 10.8. The molecule has 1 aromatic rings. The van der Waals surface area contributed by atoms with Crippen LogP contribution < -0.4 is 4.90 Å². The lowest BCUT2D eigenvalue weighted by molar-refractivity contribution is 0.285. The number of hydrogen-bond acceptors (Lipinski definition) is 4. The predicted octanol–water partition coefficient (Wildman–Crippen LogP) is 2.53. The second-order valence-electron chi connectivity index (χ2n) is 3.88. The lowest BCUT2D eigenvalue weighted by atomic mass is 10.1. The van der Waals surface area contributed by atoms with Crippen LogP contribution in [0.25, 0.3) is 0 Å². The zero-order valence-electron chi connectivity index (χ0n) is 8.74. The van der Waals surface area contributed by atoms with E-state index >= 15 is 0 Å². The van der Waals surface area contributed by atoms with E-state index in [0.717, 1.165) is 29.0 Å². The highest BCUT2D eigenvalue weighted by molar-refractivity contribution is 7.16. The molecule has 1 unspecified atom stereocenters. The van der Waals surface area contributed by atoms with Crippen LogP contribution in [0.1, 0.15) is 24.6 Å². The number of aliphatic hydroxyl groups is 1. The first-order valence-electron chi connectivity index (χ1n) is 5.25. The fourth-order valence-corrected chi connectivity index (χ4v) is 3.05. The van der Waals surface area contributed by atoms with Gasteiger partial charge in [-0.1, -0.05) is 36.3 Å². The molecule has 2 heterocycles. The molecule has 1 fully saturated rings. The minimum Gasteiger partial charge on any atom is -0.391 e. The number of hydrogen-bond donors (Lipinski definition) is 1. The molecular formula is C10H15ClN2OS. The van der Waals surface area contributed by atoms with Gasteiger partial charge in [0.1, 0.15) is 5.15 Å². The van der Waals surface area contributed by atoms with E-state index in [1.54, 1.807) is 0 Å². The van der Waals surface area contributed by atoms with Crippen molar-refractivity contribution in [2.45, 2.75) is 26.4 Å². The Bertz CT molecular complexity index is 342. The van der Waals surface area contributed by atoms with Crippen molar-refractivity contribution < 1.29 is 5.11 Å². The average molecular weight is 247 g/mol. The molecule has 1 atom stereocenters. The molecule has 0 aliphatic carbocycles. The molecule has 0 radical (unpaired) electrons. The highest BCUT2D eigenvalue weighted by Crippen LogP contribution is 2.33. The number of thiazole rings is 1. The minimum atomic E-state index is -0.0124. The minimum absolute atomic E-state index is 0.0124. The number of anilines is 1. The fraction of sp³-hybridized carbons (Fsp3) is 0.700. The summed E-state index contributed by atoms with van der Waals surface area (Å²) >= 11 is 7.41. The van der Waals surface area contributed by atoms with Gasteiger partial charge in [-0.2, -0.15) is 0 Å². The second kappa shape index (κ2) is 4.68. The number of nitrogens with zero attached hydrogens (tertiary/aromatic N) is 2. The number of halogens is 1. The highest BCUT2D eigenvalue weighted by atomic mass is 35.5. The quantitative estimate of drug-likeness (QED) is 0.891. The third kappa shape index (κ3) is 2.27. The molecule has 1 saturated heterocycles. The van der Waals surface area contributed by atoms with Gasteiger partial charge in [-0.05, 0) is 12.3 Å². The summed E-state index contributed by atoms with van der Waals surface area (Å²) in [6.07, 6.45) is 2.46. The van der Waals surface area contributed by atoms with Crippen molar-refractivity contribution in [2.75, 3.05) is 18.0 Å². The first-order chi connectivity index (χ1) is 7.24. The van der Waals surface area contributed by atoms with E-state index in [4.69, 9.17) is 16.7 Å². The van der Waals surface area contributed by atoms with Crippen molar-refractivity contribution in [3.05, 3.63) is 10.0 Å².